The topological polar surface area (TPSA) is 60.2 Å². The molecule has 0 atom stereocenters. The summed E-state index contributed by atoms with van der Waals surface area (Å²) in [5.41, 5.74) is 2.50. The van der Waals surface area contributed by atoms with Gasteiger partial charge in [-0.2, -0.15) is 0 Å². The SMILES string of the molecule is NNc1ncc(COc2ccccc2Br)s1. The van der Waals surface area contributed by atoms with E-state index in [0.29, 0.717) is 11.7 Å². The molecule has 2 rings (SSSR count). The van der Waals surface area contributed by atoms with Gasteiger partial charge in [0.25, 0.3) is 0 Å². The number of rotatable bonds is 4. The second-order valence-electron chi connectivity index (χ2n) is 3.00. The van der Waals surface area contributed by atoms with Gasteiger partial charge in [-0.25, -0.2) is 10.8 Å². The maximum absolute atomic E-state index is 5.64. The van der Waals surface area contributed by atoms with Gasteiger partial charge in [-0.3, -0.25) is 5.43 Å². The summed E-state index contributed by atoms with van der Waals surface area (Å²) < 4.78 is 6.58. The van der Waals surface area contributed by atoms with Crippen LogP contribution in [-0.4, -0.2) is 4.98 Å². The van der Waals surface area contributed by atoms with Gasteiger partial charge < -0.3 is 4.74 Å². The molecule has 84 valence electrons. The number of hydrogen-bond acceptors (Lipinski definition) is 5. The third-order valence-corrected chi connectivity index (χ3v) is 3.44. The highest BCUT2D eigenvalue weighted by molar-refractivity contribution is 9.10. The number of nitrogens with zero attached hydrogens (tertiary/aromatic N) is 1. The molecule has 0 aliphatic rings. The van der Waals surface area contributed by atoms with Crippen LogP contribution in [0.5, 0.6) is 5.75 Å². The van der Waals surface area contributed by atoms with Crippen LogP contribution >= 0.6 is 27.3 Å². The summed E-state index contributed by atoms with van der Waals surface area (Å²) >= 11 is 4.89. The molecule has 1 aromatic heterocycles. The average Bonchev–Trinajstić information content (AvgIpc) is 2.76. The molecule has 0 amide bonds. The highest BCUT2D eigenvalue weighted by atomic mass is 79.9. The van der Waals surface area contributed by atoms with Gasteiger partial charge in [-0.15, -0.1) is 0 Å². The number of anilines is 1. The minimum Gasteiger partial charge on any atom is -0.487 e. The number of ether oxygens (including phenoxy) is 1. The van der Waals surface area contributed by atoms with Gasteiger partial charge in [0.1, 0.15) is 12.4 Å². The Balaban J connectivity index is 1.99. The number of thiazole rings is 1. The van der Waals surface area contributed by atoms with Crippen molar-refractivity contribution in [1.29, 1.82) is 0 Å². The lowest BCUT2D eigenvalue weighted by Crippen LogP contribution is -2.05. The molecule has 3 N–H and O–H groups in total. The highest BCUT2D eigenvalue weighted by Crippen LogP contribution is 2.26. The molecule has 0 fully saturated rings. The summed E-state index contributed by atoms with van der Waals surface area (Å²) in [4.78, 5) is 5.08. The smallest absolute Gasteiger partial charge is 0.197 e. The van der Waals surface area contributed by atoms with Gasteiger partial charge in [-0.05, 0) is 28.1 Å². The first-order valence-electron chi connectivity index (χ1n) is 4.58. The van der Waals surface area contributed by atoms with Crippen LogP contribution in [0, 0.1) is 0 Å². The molecule has 0 spiro atoms. The number of nitrogens with one attached hydrogen (secondary N) is 1. The molecule has 2 aromatic rings. The molecule has 1 heterocycles. The summed E-state index contributed by atoms with van der Waals surface area (Å²) in [6.07, 6.45) is 1.75. The second kappa shape index (κ2) is 5.29. The lowest BCUT2D eigenvalue weighted by Gasteiger charge is -2.05. The first-order valence-corrected chi connectivity index (χ1v) is 6.19. The molecular formula is C10H10BrN3OS. The molecule has 0 saturated heterocycles. The number of nitrogen functional groups attached to an aromatic ring is 1. The van der Waals surface area contributed by atoms with Gasteiger partial charge in [0.2, 0.25) is 0 Å². The van der Waals surface area contributed by atoms with E-state index in [1.54, 1.807) is 6.20 Å². The predicted octanol–water partition coefficient (Wildman–Crippen LogP) is 2.77. The molecule has 6 heteroatoms. The van der Waals surface area contributed by atoms with Gasteiger partial charge in [0.15, 0.2) is 5.13 Å². The Morgan fingerprint density at radius 1 is 1.44 bits per heavy atom. The summed E-state index contributed by atoms with van der Waals surface area (Å²) in [5.74, 6) is 6.06. The third kappa shape index (κ3) is 2.72. The minimum atomic E-state index is 0.488. The van der Waals surface area contributed by atoms with E-state index in [0.717, 1.165) is 15.1 Å². The summed E-state index contributed by atoms with van der Waals surface area (Å²) in [6.45, 7) is 0.488. The molecular weight excluding hydrogens is 290 g/mol. The zero-order valence-corrected chi connectivity index (χ0v) is 10.7. The maximum atomic E-state index is 5.64. The van der Waals surface area contributed by atoms with E-state index in [1.165, 1.54) is 11.3 Å². The highest BCUT2D eigenvalue weighted by Gasteiger charge is 2.03. The second-order valence-corrected chi connectivity index (χ2v) is 4.96. The number of halogens is 1. The number of benzene rings is 1. The molecule has 0 unspecified atom stereocenters. The Morgan fingerprint density at radius 3 is 2.94 bits per heavy atom. The standard InChI is InChI=1S/C10H10BrN3OS/c11-8-3-1-2-4-9(8)15-6-7-5-13-10(14-12)16-7/h1-5H,6,12H2,(H,13,14). The first-order chi connectivity index (χ1) is 7.79. The molecule has 4 nitrogen and oxygen atoms in total. The van der Waals surface area contributed by atoms with Gasteiger partial charge >= 0.3 is 0 Å². The van der Waals surface area contributed by atoms with E-state index < -0.39 is 0 Å². The maximum Gasteiger partial charge on any atom is 0.197 e. The molecule has 0 radical (unpaired) electrons. The number of para-hydroxylation sites is 1. The van der Waals surface area contributed by atoms with Crippen molar-refractivity contribution in [1.82, 2.24) is 4.98 Å². The predicted molar refractivity (Wildman–Crippen MR) is 68.4 cm³/mol. The van der Waals surface area contributed by atoms with Crippen LogP contribution in [0.25, 0.3) is 0 Å². The van der Waals surface area contributed by atoms with Crippen LogP contribution in [0.15, 0.2) is 34.9 Å². The first kappa shape index (κ1) is 11.4. The fraction of sp³-hybridized carbons (Fsp3) is 0.100. The Bertz CT molecular complexity index is 475. The van der Waals surface area contributed by atoms with Crippen LogP contribution in [0.3, 0.4) is 0 Å². The Kier molecular flexibility index (Phi) is 3.76. The van der Waals surface area contributed by atoms with Crippen LogP contribution in [-0.2, 0) is 6.61 Å². The lowest BCUT2D eigenvalue weighted by atomic mass is 10.3. The zero-order valence-electron chi connectivity index (χ0n) is 8.31. The number of aromatic nitrogens is 1. The Morgan fingerprint density at radius 2 is 2.25 bits per heavy atom. The van der Waals surface area contributed by atoms with E-state index in [9.17, 15) is 0 Å². The monoisotopic (exact) mass is 299 g/mol. The van der Waals surface area contributed by atoms with Crippen molar-refractivity contribution in [2.45, 2.75) is 6.61 Å². The van der Waals surface area contributed by atoms with Crippen molar-refractivity contribution >= 4 is 32.4 Å². The average molecular weight is 300 g/mol. The molecule has 16 heavy (non-hydrogen) atoms. The summed E-state index contributed by atoms with van der Waals surface area (Å²) in [7, 11) is 0. The molecule has 1 aromatic carbocycles. The van der Waals surface area contributed by atoms with Crippen molar-refractivity contribution in [2.24, 2.45) is 5.84 Å². The number of nitrogens with two attached hydrogens (primary N) is 1. The van der Waals surface area contributed by atoms with Gasteiger partial charge in [0, 0.05) is 6.20 Å². The van der Waals surface area contributed by atoms with Crippen LogP contribution < -0.4 is 16.0 Å². The van der Waals surface area contributed by atoms with E-state index in [1.807, 2.05) is 24.3 Å². The van der Waals surface area contributed by atoms with E-state index >= 15 is 0 Å². The van der Waals surface area contributed by atoms with Crippen molar-refractivity contribution in [3.8, 4) is 5.75 Å². The van der Waals surface area contributed by atoms with Crippen molar-refractivity contribution < 1.29 is 4.74 Å². The van der Waals surface area contributed by atoms with Crippen LogP contribution in [0.1, 0.15) is 4.88 Å². The van der Waals surface area contributed by atoms with Crippen LogP contribution in [0.2, 0.25) is 0 Å². The van der Waals surface area contributed by atoms with Gasteiger partial charge in [0.05, 0.1) is 9.35 Å². The quantitative estimate of drug-likeness (QED) is 0.673. The van der Waals surface area contributed by atoms with E-state index in [4.69, 9.17) is 10.6 Å². The van der Waals surface area contributed by atoms with Crippen LogP contribution in [0.4, 0.5) is 5.13 Å². The third-order valence-electron chi connectivity index (χ3n) is 1.88. The fourth-order valence-electron chi connectivity index (χ4n) is 1.15. The normalized spacial score (nSPS) is 10.1. The lowest BCUT2D eigenvalue weighted by molar-refractivity contribution is 0.307. The fourth-order valence-corrected chi connectivity index (χ4v) is 2.19. The van der Waals surface area contributed by atoms with E-state index in [-0.39, 0.29) is 0 Å². The molecule has 0 aliphatic carbocycles. The minimum absolute atomic E-state index is 0.488. The Hall–Kier alpha value is -1.11. The van der Waals surface area contributed by atoms with Gasteiger partial charge in [-0.1, -0.05) is 23.5 Å². The van der Waals surface area contributed by atoms with Crippen molar-refractivity contribution in [3.63, 3.8) is 0 Å². The van der Waals surface area contributed by atoms with Crippen molar-refractivity contribution in [2.75, 3.05) is 5.43 Å². The zero-order chi connectivity index (χ0) is 11.4. The number of hydrogen-bond donors (Lipinski definition) is 2. The van der Waals surface area contributed by atoms with Crippen molar-refractivity contribution in [3.05, 3.63) is 39.8 Å². The Labute approximate surface area is 106 Å². The largest absolute Gasteiger partial charge is 0.487 e. The summed E-state index contributed by atoms with van der Waals surface area (Å²) in [5, 5.41) is 0.686. The molecule has 0 aliphatic heterocycles. The summed E-state index contributed by atoms with van der Waals surface area (Å²) in [6, 6.07) is 7.72. The molecule has 0 bridgehead atoms. The van der Waals surface area contributed by atoms with E-state index in [2.05, 4.69) is 26.3 Å². The molecule has 0 saturated carbocycles. The number of hydrazine groups is 1.